The van der Waals surface area contributed by atoms with Crippen molar-refractivity contribution in [3.8, 4) is 10.6 Å². The van der Waals surface area contributed by atoms with E-state index in [0.29, 0.717) is 22.4 Å². The molecule has 1 fully saturated rings. The molecule has 1 amide bonds. The fourth-order valence-electron chi connectivity index (χ4n) is 2.38. The molecular weight excluding hydrogens is 320 g/mol. The van der Waals surface area contributed by atoms with Crippen molar-refractivity contribution in [1.82, 2.24) is 10.3 Å². The molecule has 0 aliphatic carbocycles. The molecule has 1 aromatic heterocycles. The van der Waals surface area contributed by atoms with Gasteiger partial charge >= 0.3 is 0 Å². The smallest absolute Gasteiger partial charge is 0.263 e. The normalized spacial score (nSPS) is 17.6. The van der Waals surface area contributed by atoms with Gasteiger partial charge < -0.3 is 10.1 Å². The molecule has 1 aliphatic heterocycles. The van der Waals surface area contributed by atoms with Crippen molar-refractivity contribution in [1.29, 1.82) is 0 Å². The van der Waals surface area contributed by atoms with Gasteiger partial charge in [0.2, 0.25) is 0 Å². The summed E-state index contributed by atoms with van der Waals surface area (Å²) in [5.74, 6) is 0.370. The van der Waals surface area contributed by atoms with Gasteiger partial charge in [0, 0.05) is 29.7 Å². The number of hydrogen-bond acceptors (Lipinski definition) is 4. The summed E-state index contributed by atoms with van der Waals surface area (Å²) in [6, 6.07) is 7.48. The third-order valence-electron chi connectivity index (χ3n) is 3.67. The van der Waals surface area contributed by atoms with E-state index >= 15 is 0 Å². The number of nitrogens with zero attached hydrogens (tertiary/aromatic N) is 1. The highest BCUT2D eigenvalue weighted by Gasteiger charge is 2.19. The van der Waals surface area contributed by atoms with Gasteiger partial charge in [0.1, 0.15) is 9.88 Å². The van der Waals surface area contributed by atoms with E-state index in [2.05, 4.69) is 10.3 Å². The Kier molecular flexibility index (Phi) is 4.76. The Morgan fingerprint density at radius 2 is 2.23 bits per heavy atom. The highest BCUT2D eigenvalue weighted by molar-refractivity contribution is 7.17. The molecule has 2 aromatic rings. The van der Waals surface area contributed by atoms with Crippen LogP contribution in [0.15, 0.2) is 24.3 Å². The van der Waals surface area contributed by atoms with Crippen LogP contribution in [0.1, 0.15) is 21.8 Å². The van der Waals surface area contributed by atoms with Gasteiger partial charge in [-0.1, -0.05) is 23.7 Å². The second kappa shape index (κ2) is 6.77. The molecule has 2 heterocycles. The first-order valence-corrected chi connectivity index (χ1v) is 8.42. The summed E-state index contributed by atoms with van der Waals surface area (Å²) in [6.07, 6.45) is 1.01. The minimum atomic E-state index is -0.0536. The molecular formula is C16H17ClN2O2S. The number of carbonyl (C=O) groups excluding carboxylic acids is 1. The van der Waals surface area contributed by atoms with Crippen LogP contribution in [0.5, 0.6) is 0 Å². The zero-order chi connectivity index (χ0) is 15.5. The van der Waals surface area contributed by atoms with Crippen molar-refractivity contribution in [3.63, 3.8) is 0 Å². The molecule has 4 nitrogen and oxygen atoms in total. The van der Waals surface area contributed by atoms with Crippen molar-refractivity contribution in [2.45, 2.75) is 13.3 Å². The van der Waals surface area contributed by atoms with Crippen LogP contribution in [0, 0.1) is 12.8 Å². The van der Waals surface area contributed by atoms with Crippen molar-refractivity contribution in [3.05, 3.63) is 39.9 Å². The van der Waals surface area contributed by atoms with E-state index in [-0.39, 0.29) is 5.91 Å². The van der Waals surface area contributed by atoms with E-state index < -0.39 is 0 Å². The molecule has 1 saturated heterocycles. The van der Waals surface area contributed by atoms with Gasteiger partial charge in [0.15, 0.2) is 0 Å². The highest BCUT2D eigenvalue weighted by atomic mass is 35.5. The maximum atomic E-state index is 12.3. The number of carbonyl (C=O) groups is 1. The average molecular weight is 337 g/mol. The Labute approximate surface area is 138 Å². The van der Waals surface area contributed by atoms with Crippen molar-refractivity contribution in [2.75, 3.05) is 19.8 Å². The van der Waals surface area contributed by atoms with E-state index in [1.54, 1.807) is 0 Å². The number of thiazole rings is 1. The molecule has 0 radical (unpaired) electrons. The van der Waals surface area contributed by atoms with Gasteiger partial charge in [0.25, 0.3) is 5.91 Å². The number of benzene rings is 1. The Morgan fingerprint density at radius 3 is 2.91 bits per heavy atom. The van der Waals surface area contributed by atoms with E-state index in [0.717, 1.165) is 35.9 Å². The van der Waals surface area contributed by atoms with Crippen LogP contribution in [-0.4, -0.2) is 30.6 Å². The van der Waals surface area contributed by atoms with Crippen LogP contribution in [0.25, 0.3) is 10.6 Å². The van der Waals surface area contributed by atoms with Crippen LogP contribution in [-0.2, 0) is 4.74 Å². The summed E-state index contributed by atoms with van der Waals surface area (Å²) in [4.78, 5) is 17.5. The maximum absolute atomic E-state index is 12.3. The number of amides is 1. The predicted molar refractivity (Wildman–Crippen MR) is 88.6 cm³/mol. The molecule has 116 valence electrons. The maximum Gasteiger partial charge on any atom is 0.263 e. The van der Waals surface area contributed by atoms with E-state index in [1.807, 2.05) is 31.2 Å². The Hall–Kier alpha value is -1.43. The molecule has 1 atom stereocenters. The third-order valence-corrected chi connectivity index (χ3v) is 5.13. The quantitative estimate of drug-likeness (QED) is 0.929. The minimum absolute atomic E-state index is 0.0536. The Morgan fingerprint density at radius 1 is 1.45 bits per heavy atom. The lowest BCUT2D eigenvalue weighted by molar-refractivity contribution is 0.0948. The van der Waals surface area contributed by atoms with Crippen molar-refractivity contribution < 1.29 is 9.53 Å². The molecule has 1 N–H and O–H groups in total. The molecule has 1 unspecified atom stereocenters. The number of aryl methyl sites for hydroxylation is 1. The monoisotopic (exact) mass is 336 g/mol. The Balaban J connectivity index is 1.71. The average Bonchev–Trinajstić information content (AvgIpc) is 3.15. The first kappa shape index (κ1) is 15.5. The molecule has 1 aliphatic rings. The number of aromatic nitrogens is 1. The first-order chi connectivity index (χ1) is 10.6. The summed E-state index contributed by atoms with van der Waals surface area (Å²) < 4.78 is 5.32. The number of nitrogens with one attached hydrogen (secondary N) is 1. The summed E-state index contributed by atoms with van der Waals surface area (Å²) >= 11 is 7.31. The molecule has 6 heteroatoms. The van der Waals surface area contributed by atoms with Crippen molar-refractivity contribution >= 4 is 28.8 Å². The van der Waals surface area contributed by atoms with Crippen LogP contribution in [0.2, 0.25) is 5.02 Å². The standard InChI is InChI=1S/C16H17ClN2O2S/c1-10-14(15(20)18-8-11-6-7-21-9-11)22-16(19-10)12-2-4-13(17)5-3-12/h2-5,11H,6-9H2,1H3,(H,18,20). The van der Waals surface area contributed by atoms with Crippen LogP contribution >= 0.6 is 22.9 Å². The number of ether oxygens (including phenoxy) is 1. The van der Waals surface area contributed by atoms with Gasteiger partial charge in [-0.15, -0.1) is 11.3 Å². The van der Waals surface area contributed by atoms with E-state index in [1.165, 1.54) is 11.3 Å². The van der Waals surface area contributed by atoms with Crippen molar-refractivity contribution in [2.24, 2.45) is 5.92 Å². The lowest BCUT2D eigenvalue weighted by atomic mass is 10.1. The zero-order valence-corrected chi connectivity index (χ0v) is 13.8. The summed E-state index contributed by atoms with van der Waals surface area (Å²) in [7, 11) is 0. The second-order valence-electron chi connectivity index (χ2n) is 5.38. The highest BCUT2D eigenvalue weighted by Crippen LogP contribution is 2.28. The van der Waals surface area contributed by atoms with E-state index in [4.69, 9.17) is 16.3 Å². The van der Waals surface area contributed by atoms with Crippen LogP contribution < -0.4 is 5.32 Å². The largest absolute Gasteiger partial charge is 0.381 e. The SMILES string of the molecule is Cc1nc(-c2ccc(Cl)cc2)sc1C(=O)NCC1CCOC1. The summed E-state index contributed by atoms with van der Waals surface area (Å²) in [6.45, 7) is 4.05. The summed E-state index contributed by atoms with van der Waals surface area (Å²) in [5.41, 5.74) is 1.73. The zero-order valence-electron chi connectivity index (χ0n) is 12.3. The second-order valence-corrected chi connectivity index (χ2v) is 6.82. The lowest BCUT2D eigenvalue weighted by Gasteiger charge is -2.08. The number of hydrogen-bond donors (Lipinski definition) is 1. The molecule has 1 aromatic carbocycles. The molecule has 3 rings (SSSR count). The van der Waals surface area contributed by atoms with Gasteiger partial charge in [-0.25, -0.2) is 4.98 Å². The Bertz CT molecular complexity index is 663. The van der Waals surface area contributed by atoms with Gasteiger partial charge in [0.05, 0.1) is 12.3 Å². The number of halogens is 1. The predicted octanol–water partition coefficient (Wildman–Crippen LogP) is 3.54. The minimum Gasteiger partial charge on any atom is -0.381 e. The molecule has 0 bridgehead atoms. The fraction of sp³-hybridized carbons (Fsp3) is 0.375. The van der Waals surface area contributed by atoms with E-state index in [9.17, 15) is 4.79 Å². The van der Waals surface area contributed by atoms with Gasteiger partial charge in [-0.3, -0.25) is 4.79 Å². The van der Waals surface area contributed by atoms with Gasteiger partial charge in [-0.05, 0) is 25.5 Å². The third kappa shape index (κ3) is 3.48. The summed E-state index contributed by atoms with van der Waals surface area (Å²) in [5, 5.41) is 4.51. The van der Waals surface area contributed by atoms with Crippen LogP contribution in [0.4, 0.5) is 0 Å². The topological polar surface area (TPSA) is 51.2 Å². The van der Waals surface area contributed by atoms with Crippen LogP contribution in [0.3, 0.4) is 0 Å². The molecule has 22 heavy (non-hydrogen) atoms. The van der Waals surface area contributed by atoms with Gasteiger partial charge in [-0.2, -0.15) is 0 Å². The number of rotatable bonds is 4. The molecule has 0 saturated carbocycles. The fourth-order valence-corrected chi connectivity index (χ4v) is 3.50. The molecule has 0 spiro atoms. The lowest BCUT2D eigenvalue weighted by Crippen LogP contribution is -2.29. The first-order valence-electron chi connectivity index (χ1n) is 7.23.